The molecular weight excluding hydrogens is 222 g/mol. The Bertz CT molecular complexity index is 500. The van der Waals surface area contributed by atoms with Crippen LogP contribution < -0.4 is 5.32 Å². The predicted molar refractivity (Wildman–Crippen MR) is 64.9 cm³/mol. The van der Waals surface area contributed by atoms with E-state index in [1.54, 1.807) is 0 Å². The third-order valence-electron chi connectivity index (χ3n) is 3.21. The van der Waals surface area contributed by atoms with Crippen LogP contribution in [0.1, 0.15) is 12.2 Å². The summed E-state index contributed by atoms with van der Waals surface area (Å²) >= 11 is 6.20. The number of nitrogens with zero attached hydrogens (tertiary/aromatic N) is 2. The zero-order valence-electron chi connectivity index (χ0n) is 8.99. The third-order valence-corrected chi connectivity index (χ3v) is 3.51. The van der Waals surface area contributed by atoms with Gasteiger partial charge in [0.2, 0.25) is 0 Å². The molecule has 2 aromatic heterocycles. The van der Waals surface area contributed by atoms with E-state index in [-0.39, 0.29) is 0 Å². The molecule has 84 valence electrons. The molecular formula is C12H14ClN3. The lowest BCUT2D eigenvalue weighted by molar-refractivity contribution is 0.560. The molecule has 1 atom stereocenters. The first-order valence-corrected chi connectivity index (χ1v) is 6.04. The number of hydrogen-bond acceptors (Lipinski definition) is 2. The van der Waals surface area contributed by atoms with Crippen molar-refractivity contribution in [2.24, 2.45) is 5.92 Å². The summed E-state index contributed by atoms with van der Waals surface area (Å²) in [6.45, 7) is 2.22. The SMILES string of the molecule is Clc1cccc2cnc(CC3CCNC3)n12. The zero-order chi connectivity index (χ0) is 11.0. The summed E-state index contributed by atoms with van der Waals surface area (Å²) < 4.78 is 2.04. The first-order valence-electron chi connectivity index (χ1n) is 5.66. The molecule has 0 bridgehead atoms. The smallest absolute Gasteiger partial charge is 0.114 e. The van der Waals surface area contributed by atoms with Gasteiger partial charge in [0.25, 0.3) is 0 Å². The Morgan fingerprint density at radius 2 is 2.44 bits per heavy atom. The molecule has 1 aliphatic rings. The molecule has 3 nitrogen and oxygen atoms in total. The van der Waals surface area contributed by atoms with E-state index in [0.29, 0.717) is 5.92 Å². The maximum Gasteiger partial charge on any atom is 0.114 e. The summed E-state index contributed by atoms with van der Waals surface area (Å²) in [5, 5.41) is 4.12. The van der Waals surface area contributed by atoms with E-state index in [1.807, 2.05) is 28.8 Å². The Hall–Kier alpha value is -1.06. The van der Waals surface area contributed by atoms with Crippen molar-refractivity contribution in [2.45, 2.75) is 12.8 Å². The van der Waals surface area contributed by atoms with Crippen molar-refractivity contribution in [1.29, 1.82) is 0 Å². The summed E-state index contributed by atoms with van der Waals surface area (Å²) in [5.41, 5.74) is 1.08. The lowest BCUT2D eigenvalue weighted by Gasteiger charge is -2.08. The van der Waals surface area contributed by atoms with Gasteiger partial charge in [-0.25, -0.2) is 4.98 Å². The van der Waals surface area contributed by atoms with E-state index in [9.17, 15) is 0 Å². The molecule has 0 radical (unpaired) electrons. The quantitative estimate of drug-likeness (QED) is 0.809. The minimum absolute atomic E-state index is 0.696. The van der Waals surface area contributed by atoms with Crippen LogP contribution in [-0.4, -0.2) is 22.5 Å². The Balaban J connectivity index is 1.97. The molecule has 0 amide bonds. The molecule has 16 heavy (non-hydrogen) atoms. The van der Waals surface area contributed by atoms with Crippen molar-refractivity contribution in [3.63, 3.8) is 0 Å². The van der Waals surface area contributed by atoms with E-state index in [1.165, 1.54) is 6.42 Å². The van der Waals surface area contributed by atoms with E-state index in [0.717, 1.165) is 36.0 Å². The zero-order valence-corrected chi connectivity index (χ0v) is 9.74. The Kier molecular flexibility index (Phi) is 2.58. The van der Waals surface area contributed by atoms with Crippen molar-refractivity contribution in [1.82, 2.24) is 14.7 Å². The van der Waals surface area contributed by atoms with Gasteiger partial charge in [-0.1, -0.05) is 17.7 Å². The standard InChI is InChI=1S/C12H14ClN3/c13-11-3-1-2-10-8-15-12(16(10)11)6-9-4-5-14-7-9/h1-3,8-9,14H,4-7H2. The molecule has 1 unspecified atom stereocenters. The lowest BCUT2D eigenvalue weighted by Crippen LogP contribution is -2.12. The molecule has 1 N–H and O–H groups in total. The second-order valence-corrected chi connectivity index (χ2v) is 4.73. The maximum atomic E-state index is 6.20. The average molecular weight is 236 g/mol. The fourth-order valence-electron chi connectivity index (χ4n) is 2.36. The fraction of sp³-hybridized carbons (Fsp3) is 0.417. The molecule has 3 heterocycles. The predicted octanol–water partition coefficient (Wildman–Crippen LogP) is 2.14. The van der Waals surface area contributed by atoms with E-state index < -0.39 is 0 Å². The normalized spacial score (nSPS) is 20.7. The summed E-state index contributed by atoms with van der Waals surface area (Å²) in [4.78, 5) is 4.47. The fourth-order valence-corrected chi connectivity index (χ4v) is 2.63. The summed E-state index contributed by atoms with van der Waals surface area (Å²) in [7, 11) is 0. The minimum Gasteiger partial charge on any atom is -0.316 e. The van der Waals surface area contributed by atoms with Crippen LogP contribution in [0.15, 0.2) is 24.4 Å². The van der Waals surface area contributed by atoms with Gasteiger partial charge >= 0.3 is 0 Å². The molecule has 1 aliphatic heterocycles. The monoisotopic (exact) mass is 235 g/mol. The van der Waals surface area contributed by atoms with Gasteiger partial charge in [-0.2, -0.15) is 0 Å². The number of rotatable bonds is 2. The number of fused-ring (bicyclic) bond motifs is 1. The van der Waals surface area contributed by atoms with Crippen LogP contribution in [0.3, 0.4) is 0 Å². The molecule has 4 heteroatoms. The van der Waals surface area contributed by atoms with Crippen LogP contribution in [-0.2, 0) is 6.42 Å². The highest BCUT2D eigenvalue weighted by molar-refractivity contribution is 6.29. The molecule has 0 saturated carbocycles. The third kappa shape index (κ3) is 1.70. The van der Waals surface area contributed by atoms with E-state index >= 15 is 0 Å². The molecule has 0 spiro atoms. The maximum absolute atomic E-state index is 6.20. The second-order valence-electron chi connectivity index (χ2n) is 4.35. The van der Waals surface area contributed by atoms with Crippen LogP contribution in [0.25, 0.3) is 5.52 Å². The molecule has 0 aliphatic carbocycles. The van der Waals surface area contributed by atoms with Gasteiger partial charge in [0, 0.05) is 6.42 Å². The van der Waals surface area contributed by atoms with Crippen LogP contribution in [0, 0.1) is 5.92 Å². The second kappa shape index (κ2) is 4.07. The number of nitrogens with one attached hydrogen (secondary N) is 1. The largest absolute Gasteiger partial charge is 0.316 e. The molecule has 2 aromatic rings. The van der Waals surface area contributed by atoms with Crippen molar-refractivity contribution in [3.8, 4) is 0 Å². The van der Waals surface area contributed by atoms with Crippen LogP contribution >= 0.6 is 11.6 Å². The number of pyridine rings is 1. The Morgan fingerprint density at radius 3 is 3.25 bits per heavy atom. The number of hydrogen-bond donors (Lipinski definition) is 1. The van der Waals surface area contributed by atoms with Gasteiger partial charge in [0.15, 0.2) is 0 Å². The van der Waals surface area contributed by atoms with E-state index in [4.69, 9.17) is 11.6 Å². The number of aromatic nitrogens is 2. The Morgan fingerprint density at radius 1 is 1.50 bits per heavy atom. The van der Waals surface area contributed by atoms with Crippen molar-refractivity contribution in [3.05, 3.63) is 35.4 Å². The van der Waals surface area contributed by atoms with Gasteiger partial charge in [0.1, 0.15) is 11.0 Å². The lowest BCUT2D eigenvalue weighted by atomic mass is 10.1. The van der Waals surface area contributed by atoms with Gasteiger partial charge in [-0.15, -0.1) is 0 Å². The highest BCUT2D eigenvalue weighted by Crippen LogP contribution is 2.19. The topological polar surface area (TPSA) is 29.3 Å². The summed E-state index contributed by atoms with van der Waals surface area (Å²) in [6.07, 6.45) is 4.13. The highest BCUT2D eigenvalue weighted by Gasteiger charge is 2.17. The van der Waals surface area contributed by atoms with Gasteiger partial charge in [0.05, 0.1) is 11.7 Å². The Labute approximate surface area is 99.4 Å². The molecule has 1 saturated heterocycles. The van der Waals surface area contributed by atoms with Gasteiger partial charge < -0.3 is 5.32 Å². The number of halogens is 1. The highest BCUT2D eigenvalue weighted by atomic mass is 35.5. The minimum atomic E-state index is 0.696. The summed E-state index contributed by atoms with van der Waals surface area (Å²) in [6, 6.07) is 5.90. The van der Waals surface area contributed by atoms with Gasteiger partial charge in [-0.3, -0.25) is 4.40 Å². The first kappa shape index (κ1) is 10.1. The van der Waals surface area contributed by atoms with Crippen molar-refractivity contribution >= 4 is 17.1 Å². The van der Waals surface area contributed by atoms with Crippen LogP contribution in [0.4, 0.5) is 0 Å². The van der Waals surface area contributed by atoms with Crippen LogP contribution in [0.5, 0.6) is 0 Å². The van der Waals surface area contributed by atoms with Crippen molar-refractivity contribution in [2.75, 3.05) is 13.1 Å². The molecule has 1 fully saturated rings. The summed E-state index contributed by atoms with van der Waals surface area (Å²) in [5.74, 6) is 1.77. The average Bonchev–Trinajstić information content (AvgIpc) is 2.90. The van der Waals surface area contributed by atoms with E-state index in [2.05, 4.69) is 10.3 Å². The van der Waals surface area contributed by atoms with Gasteiger partial charge in [-0.05, 0) is 37.6 Å². The molecule has 3 rings (SSSR count). The molecule has 0 aromatic carbocycles. The first-order chi connectivity index (χ1) is 7.84. The number of imidazole rings is 1. The van der Waals surface area contributed by atoms with Crippen LogP contribution in [0.2, 0.25) is 5.15 Å². The van der Waals surface area contributed by atoms with Crippen molar-refractivity contribution < 1.29 is 0 Å².